The van der Waals surface area contributed by atoms with Crippen LogP contribution in [0.5, 0.6) is 0 Å². The van der Waals surface area contributed by atoms with Crippen LogP contribution in [0.1, 0.15) is 47.5 Å². The molecule has 490 valence electrons. The van der Waals surface area contributed by atoms with Gasteiger partial charge in [-0.2, -0.15) is 127 Å². The predicted octanol–water partition coefficient (Wildman–Crippen LogP) is -5.16. The summed E-state index contributed by atoms with van der Waals surface area (Å²) in [7, 11) is 3.03. The molecule has 7 atom stereocenters. The minimum Gasteiger partial charge on any atom is -0.368 e. The van der Waals surface area contributed by atoms with Crippen LogP contribution in [0.15, 0.2) is 0 Å². The largest absolute Gasteiger partial charge is 0.471 e. The molecule has 14 amide bonds. The van der Waals surface area contributed by atoms with E-state index in [-0.39, 0.29) is 70.1 Å². The molecule has 0 aliphatic carbocycles. The van der Waals surface area contributed by atoms with Gasteiger partial charge in [-0.3, -0.25) is 67.1 Å². The number of primary amides is 5. The molecule has 0 aromatic heterocycles. The van der Waals surface area contributed by atoms with Gasteiger partial charge < -0.3 is 81.3 Å². The van der Waals surface area contributed by atoms with Crippen molar-refractivity contribution in [2.45, 2.75) is 102 Å². The molecule has 0 bridgehead atoms. The number of hydrogen-bond donors (Lipinski definition) is 22. The number of carbonyl (C=O) groups excluding carboxylic acids is 15. The number of rotatable bonds is 24. The molecule has 0 spiro atoms. The molecule has 0 aromatic rings. The highest BCUT2D eigenvalue weighted by Crippen LogP contribution is 2.15. The van der Waals surface area contributed by atoms with Crippen LogP contribution in [0.25, 0.3) is 0 Å². The van der Waals surface area contributed by atoms with Gasteiger partial charge in [-0.15, -0.1) is 0 Å². The highest BCUT2D eigenvalue weighted by atomic mass is 32.1. The third kappa shape index (κ3) is 62.7. The maximum Gasteiger partial charge on any atom is 0.471 e. The third-order valence-electron chi connectivity index (χ3n) is 7.61. The lowest BCUT2D eigenvalue weighted by molar-refractivity contribution is -0.174. The minimum absolute atomic E-state index is 0.227. The van der Waals surface area contributed by atoms with Gasteiger partial charge in [-0.25, -0.2) is 0 Å². The Hall–Kier alpha value is -5.37. The summed E-state index contributed by atoms with van der Waals surface area (Å²) in [5.41, 5.74) is 24.0. The van der Waals surface area contributed by atoms with Crippen molar-refractivity contribution in [3.8, 4) is 0 Å². The third-order valence-corrected chi connectivity index (χ3v) is 10.5. The Kier molecular flexibility index (Phi) is 64.2. The summed E-state index contributed by atoms with van der Waals surface area (Å²) in [4.78, 5) is 156. The van der Waals surface area contributed by atoms with Crippen LogP contribution in [0, 0.1) is 0 Å². The lowest BCUT2D eigenvalue weighted by Crippen LogP contribution is -2.50. The summed E-state index contributed by atoms with van der Waals surface area (Å²) in [6.45, 7) is 6.68. The molecule has 0 unspecified atom stereocenters. The zero-order chi connectivity index (χ0) is 68.3. The number of nitrogens with two attached hydrogens (primary N) is 5. The number of carbonyl (C=O) groups is 15. The number of aldehydes is 1. The Morgan fingerprint density at radius 2 is 0.548 bits per heavy atom. The van der Waals surface area contributed by atoms with Crippen molar-refractivity contribution < 1.29 is 98.3 Å². The number of nitrogens with one attached hydrogen (secondary N) is 9. The van der Waals surface area contributed by atoms with Crippen molar-refractivity contribution in [1.82, 2.24) is 47.9 Å². The average Bonchev–Trinajstić information content (AvgIpc) is 3.39. The van der Waals surface area contributed by atoms with Crippen molar-refractivity contribution in [3.63, 3.8) is 0 Å². The van der Waals surface area contributed by atoms with Crippen LogP contribution in [-0.4, -0.2) is 204 Å². The Morgan fingerprint density at radius 1 is 0.369 bits per heavy atom. The van der Waals surface area contributed by atoms with Crippen LogP contribution in [0.2, 0.25) is 0 Å². The van der Waals surface area contributed by atoms with Crippen LogP contribution < -0.4 is 76.5 Å². The van der Waals surface area contributed by atoms with E-state index in [2.05, 4.69) is 150 Å². The maximum atomic E-state index is 11.6. The van der Waals surface area contributed by atoms with Crippen LogP contribution >= 0.6 is 101 Å². The van der Waals surface area contributed by atoms with Crippen LogP contribution in [-0.2, 0) is 71.9 Å². The molecule has 0 aromatic carbocycles. The monoisotopic (exact) mass is 1370 g/mol. The lowest BCUT2D eigenvalue weighted by atomic mass is 10.3. The van der Waals surface area contributed by atoms with E-state index in [9.17, 15) is 98.3 Å². The fourth-order valence-electron chi connectivity index (χ4n) is 3.65. The van der Waals surface area contributed by atoms with E-state index < -0.39 is 96.0 Å². The van der Waals surface area contributed by atoms with Crippen molar-refractivity contribution in [2.75, 3.05) is 60.1 Å². The van der Waals surface area contributed by atoms with Crippen molar-refractivity contribution in [2.24, 2.45) is 28.7 Å². The summed E-state index contributed by atoms with van der Waals surface area (Å²) in [6.07, 6.45) is -7.56. The molecule has 0 radical (unpaired) electrons. The Labute approximate surface area is 524 Å². The molecule has 0 saturated heterocycles. The standard InChI is InChI=1S/2C6H12N2O2S.2C5H7F3N2O2S.3C5H10N2O2S.C4H8OS/c2*1-4(9)8-5(3-11)6(10)7-2;2*6-5(7,8)4(12)10-2(1-13)3(9)11;3*1-3(8)7-4(2-10)5(6)9;5-3-1-2-4-6/h2*5,11H,3H2,1-2H3,(H,7,10)(H,8,9);2*2,13H,1H2,(H2,9,11)(H,10,12);3*4,10H,2H2,1H3,(H2,6,9)(H,7,8);3,6H,1-2,4H2/t2*5-;2*2-;3*4-;/m1010100./s1. The van der Waals surface area contributed by atoms with Crippen LogP contribution in [0.4, 0.5) is 26.3 Å². The van der Waals surface area contributed by atoms with Crippen molar-refractivity contribution in [3.05, 3.63) is 0 Å². The maximum absolute atomic E-state index is 11.6. The number of likely N-dealkylation sites (N-methyl/N-ethyl adjacent to an activating group) is 2. The minimum atomic E-state index is -5.02. The van der Waals surface area contributed by atoms with Gasteiger partial charge >= 0.3 is 24.2 Å². The Bertz CT molecular complexity index is 1910. The quantitative estimate of drug-likeness (QED) is 0.0186. The molecule has 0 fully saturated rings. The molecule has 29 nitrogen and oxygen atoms in total. The van der Waals surface area contributed by atoms with Crippen molar-refractivity contribution in [1.29, 1.82) is 0 Å². The Morgan fingerprint density at radius 3 is 0.643 bits per heavy atom. The van der Waals surface area contributed by atoms with E-state index in [0.717, 1.165) is 18.5 Å². The summed E-state index contributed by atoms with van der Waals surface area (Å²) in [5, 5.41) is 19.5. The molecular weight excluding hydrogens is 1300 g/mol. The van der Waals surface area contributed by atoms with E-state index in [0.29, 0.717) is 17.9 Å². The number of amides is 14. The average molecular weight is 1380 g/mol. The summed E-state index contributed by atoms with van der Waals surface area (Å²) >= 11 is 30.2. The van der Waals surface area contributed by atoms with Crippen LogP contribution in [0.3, 0.4) is 0 Å². The molecule has 43 heteroatoms. The van der Waals surface area contributed by atoms with Gasteiger partial charge in [-0.1, -0.05) is 0 Å². The molecule has 0 rings (SSSR count). The first-order valence-corrected chi connectivity index (χ1v) is 27.8. The number of halogens is 6. The smallest absolute Gasteiger partial charge is 0.368 e. The second kappa shape index (κ2) is 56.7. The molecular formula is C41H76F6N14O15S8. The number of unbranched alkanes of at least 4 members (excludes halogenated alkanes) is 1. The zero-order valence-corrected chi connectivity index (χ0v) is 53.2. The van der Waals surface area contributed by atoms with Crippen molar-refractivity contribution >= 4 is 190 Å². The fraction of sp³-hybridized carbons (Fsp3) is 0.634. The molecule has 19 N–H and O–H groups in total. The van der Waals surface area contributed by atoms with Gasteiger partial charge in [0.05, 0.1) is 0 Å². The SMILES string of the molecule is CC(=O)N[C@@H](CS)C(N)=O.CC(=O)N[C@@H](CS)C(N)=O.CC(=O)N[C@H](CS)C(N)=O.CNC(=O)[C@@H](CS)NC(C)=O.CNC(=O)[C@H](CS)NC(C)=O.NC(=O)[C@@H](CS)NC(=O)C(F)(F)F.NC(=O)[C@H](CS)NC(=O)C(F)(F)F.O=CCCCS. The van der Waals surface area contributed by atoms with E-state index in [1.54, 1.807) is 0 Å². The van der Waals surface area contributed by atoms with Gasteiger partial charge in [0.15, 0.2) is 0 Å². The van der Waals surface area contributed by atoms with E-state index in [4.69, 9.17) is 17.2 Å². The summed E-state index contributed by atoms with van der Waals surface area (Å²) in [6, 6.07) is -5.82. The number of alkyl halides is 6. The van der Waals surface area contributed by atoms with Gasteiger partial charge in [0.2, 0.25) is 70.9 Å². The van der Waals surface area contributed by atoms with Gasteiger partial charge in [0.25, 0.3) is 0 Å². The second-order valence-electron chi connectivity index (χ2n) is 14.9. The van der Waals surface area contributed by atoms with Gasteiger partial charge in [0.1, 0.15) is 48.6 Å². The predicted molar refractivity (Wildman–Crippen MR) is 324 cm³/mol. The molecule has 0 saturated carbocycles. The molecule has 84 heavy (non-hydrogen) atoms. The highest BCUT2D eigenvalue weighted by Gasteiger charge is 2.41. The fourth-order valence-corrected chi connectivity index (χ4v) is 5.70. The lowest BCUT2D eigenvalue weighted by Gasteiger charge is -2.13. The van der Waals surface area contributed by atoms with Gasteiger partial charge in [0, 0.05) is 95.4 Å². The first-order chi connectivity index (χ1) is 38.4. The number of hydrogen-bond acceptors (Lipinski definition) is 23. The van der Waals surface area contributed by atoms with E-state index in [1.807, 2.05) is 0 Å². The molecule has 0 aliphatic rings. The first-order valence-electron chi connectivity index (χ1n) is 22.8. The van der Waals surface area contributed by atoms with Gasteiger partial charge in [-0.05, 0) is 12.2 Å². The second-order valence-corrected chi connectivity index (χ2v) is 17.9. The molecule has 0 heterocycles. The highest BCUT2D eigenvalue weighted by molar-refractivity contribution is 7.81. The number of thiol groups is 8. The normalized spacial score (nSPS) is 12.2. The summed E-state index contributed by atoms with van der Waals surface area (Å²) < 4.78 is 69.7. The zero-order valence-electron chi connectivity index (χ0n) is 46.0. The van der Waals surface area contributed by atoms with E-state index in [1.165, 1.54) is 59.3 Å². The Balaban J connectivity index is -0.000000132. The topological polar surface area (TPSA) is 494 Å². The van der Waals surface area contributed by atoms with E-state index >= 15 is 0 Å². The summed E-state index contributed by atoms with van der Waals surface area (Å²) in [5.74, 6) is -8.42. The first kappa shape index (κ1) is 95.0. The molecule has 0 aliphatic heterocycles.